The van der Waals surface area contributed by atoms with E-state index in [1.807, 2.05) is 11.9 Å². The minimum absolute atomic E-state index is 0.153. The fraction of sp³-hybridized carbons (Fsp3) is 0.923. The molecule has 3 nitrogen and oxygen atoms in total. The molecular weight excluding hydrogens is 232 g/mol. The number of hydrogen-bond acceptors (Lipinski definition) is 3. The molecule has 0 radical (unpaired) electrons. The van der Waals surface area contributed by atoms with Crippen LogP contribution in [0, 0.1) is 5.41 Å². The standard InChI is InChI=1S/C13H26N2OS/c1-5-13(7-6-8-14-10-13)12(16)15(3)11(2)9-17-4/h11,14H,5-10H2,1-4H3. The molecule has 0 bridgehead atoms. The highest BCUT2D eigenvalue weighted by Crippen LogP contribution is 2.32. The maximum atomic E-state index is 12.6. The first kappa shape index (κ1) is 14.8. The van der Waals surface area contributed by atoms with Crippen molar-refractivity contribution in [3.05, 3.63) is 0 Å². The number of nitrogens with zero attached hydrogens (tertiary/aromatic N) is 1. The number of hydrogen-bond donors (Lipinski definition) is 1. The number of amides is 1. The minimum atomic E-state index is -0.153. The van der Waals surface area contributed by atoms with Crippen LogP contribution in [0.15, 0.2) is 0 Å². The monoisotopic (exact) mass is 258 g/mol. The predicted octanol–water partition coefficient (Wildman–Crippen LogP) is 1.98. The molecule has 0 aromatic carbocycles. The van der Waals surface area contributed by atoms with Crippen molar-refractivity contribution in [2.75, 3.05) is 32.1 Å². The molecule has 0 aromatic heterocycles. The minimum Gasteiger partial charge on any atom is -0.342 e. The van der Waals surface area contributed by atoms with Crippen LogP contribution in [0.25, 0.3) is 0 Å². The molecule has 1 saturated heterocycles. The van der Waals surface area contributed by atoms with E-state index in [9.17, 15) is 4.79 Å². The fourth-order valence-corrected chi connectivity index (χ4v) is 3.24. The normalized spacial score (nSPS) is 26.6. The van der Waals surface area contributed by atoms with Crippen molar-refractivity contribution in [2.45, 2.75) is 39.2 Å². The quantitative estimate of drug-likeness (QED) is 0.818. The molecule has 0 aliphatic carbocycles. The van der Waals surface area contributed by atoms with Crippen molar-refractivity contribution in [3.8, 4) is 0 Å². The van der Waals surface area contributed by atoms with E-state index in [-0.39, 0.29) is 5.41 Å². The van der Waals surface area contributed by atoms with Gasteiger partial charge in [0.25, 0.3) is 0 Å². The zero-order valence-electron chi connectivity index (χ0n) is 11.6. The highest BCUT2D eigenvalue weighted by atomic mass is 32.2. The number of rotatable bonds is 5. The van der Waals surface area contributed by atoms with E-state index in [0.717, 1.165) is 38.1 Å². The SMILES string of the molecule is CCC1(C(=O)N(C)C(C)CSC)CCCNC1. The Morgan fingerprint density at radius 2 is 2.29 bits per heavy atom. The molecular formula is C13H26N2OS. The Kier molecular flexibility index (Phi) is 5.80. The van der Waals surface area contributed by atoms with Gasteiger partial charge in [0.1, 0.15) is 0 Å². The van der Waals surface area contributed by atoms with Gasteiger partial charge >= 0.3 is 0 Å². The Balaban J connectivity index is 2.71. The summed E-state index contributed by atoms with van der Waals surface area (Å²) in [5, 5.41) is 3.38. The molecule has 0 saturated carbocycles. The summed E-state index contributed by atoms with van der Waals surface area (Å²) < 4.78 is 0. The zero-order valence-corrected chi connectivity index (χ0v) is 12.4. The van der Waals surface area contributed by atoms with Crippen LogP contribution in [0.3, 0.4) is 0 Å². The van der Waals surface area contributed by atoms with Gasteiger partial charge in [-0.3, -0.25) is 4.79 Å². The van der Waals surface area contributed by atoms with E-state index >= 15 is 0 Å². The van der Waals surface area contributed by atoms with Gasteiger partial charge in [0.2, 0.25) is 5.91 Å². The van der Waals surface area contributed by atoms with Gasteiger partial charge in [0, 0.05) is 25.4 Å². The Morgan fingerprint density at radius 1 is 1.59 bits per heavy atom. The summed E-state index contributed by atoms with van der Waals surface area (Å²) in [5.74, 6) is 1.34. The van der Waals surface area contributed by atoms with E-state index in [1.54, 1.807) is 11.8 Å². The molecule has 0 spiro atoms. The third-order valence-corrected chi connectivity index (χ3v) is 4.81. The summed E-state index contributed by atoms with van der Waals surface area (Å²) >= 11 is 1.80. The average Bonchev–Trinajstić information content (AvgIpc) is 2.38. The van der Waals surface area contributed by atoms with E-state index in [1.165, 1.54) is 0 Å². The van der Waals surface area contributed by atoms with Crippen LogP contribution >= 0.6 is 11.8 Å². The molecule has 1 aliphatic heterocycles. The lowest BCUT2D eigenvalue weighted by Crippen LogP contribution is -2.53. The third-order valence-electron chi connectivity index (χ3n) is 3.99. The summed E-state index contributed by atoms with van der Waals surface area (Å²) in [4.78, 5) is 14.6. The average molecular weight is 258 g/mol. The molecule has 100 valence electrons. The van der Waals surface area contributed by atoms with Crippen LogP contribution in [0.5, 0.6) is 0 Å². The maximum Gasteiger partial charge on any atom is 0.230 e. The van der Waals surface area contributed by atoms with Crippen LogP contribution in [0.1, 0.15) is 33.1 Å². The molecule has 17 heavy (non-hydrogen) atoms. The van der Waals surface area contributed by atoms with E-state index in [0.29, 0.717) is 11.9 Å². The number of nitrogens with one attached hydrogen (secondary N) is 1. The lowest BCUT2D eigenvalue weighted by atomic mass is 9.77. The van der Waals surface area contributed by atoms with E-state index in [2.05, 4.69) is 25.4 Å². The zero-order chi connectivity index (χ0) is 12.9. The van der Waals surface area contributed by atoms with Gasteiger partial charge in [-0.2, -0.15) is 11.8 Å². The Labute approximate surface area is 110 Å². The second-order valence-corrected chi connectivity index (χ2v) is 6.05. The molecule has 1 N–H and O–H groups in total. The van der Waals surface area contributed by atoms with Crippen molar-refractivity contribution in [1.29, 1.82) is 0 Å². The summed E-state index contributed by atoms with van der Waals surface area (Å²) in [6.45, 7) is 6.17. The molecule has 2 unspecified atom stereocenters. The lowest BCUT2D eigenvalue weighted by Gasteiger charge is -2.40. The molecule has 2 atom stereocenters. The van der Waals surface area contributed by atoms with Crippen molar-refractivity contribution >= 4 is 17.7 Å². The van der Waals surface area contributed by atoms with Crippen LogP contribution in [-0.4, -0.2) is 49.0 Å². The van der Waals surface area contributed by atoms with Crippen LogP contribution in [0.2, 0.25) is 0 Å². The summed E-state index contributed by atoms with van der Waals surface area (Å²) in [6, 6.07) is 0.322. The van der Waals surface area contributed by atoms with Gasteiger partial charge in [-0.1, -0.05) is 6.92 Å². The lowest BCUT2D eigenvalue weighted by molar-refractivity contribution is -0.143. The fourth-order valence-electron chi connectivity index (χ4n) is 2.53. The maximum absolute atomic E-state index is 12.6. The van der Waals surface area contributed by atoms with Gasteiger partial charge in [-0.25, -0.2) is 0 Å². The Morgan fingerprint density at radius 3 is 2.76 bits per heavy atom. The topological polar surface area (TPSA) is 32.3 Å². The number of carbonyl (C=O) groups is 1. The van der Waals surface area contributed by atoms with Crippen molar-refractivity contribution in [1.82, 2.24) is 10.2 Å². The van der Waals surface area contributed by atoms with Crippen molar-refractivity contribution in [3.63, 3.8) is 0 Å². The van der Waals surface area contributed by atoms with E-state index in [4.69, 9.17) is 0 Å². The largest absolute Gasteiger partial charge is 0.342 e. The second kappa shape index (κ2) is 6.64. The van der Waals surface area contributed by atoms with E-state index < -0.39 is 0 Å². The van der Waals surface area contributed by atoms with Crippen LogP contribution in [-0.2, 0) is 4.79 Å². The molecule has 4 heteroatoms. The Bertz CT molecular complexity index is 252. The number of piperidine rings is 1. The smallest absolute Gasteiger partial charge is 0.230 e. The molecule has 1 rings (SSSR count). The molecule has 1 amide bonds. The molecule has 0 aromatic rings. The van der Waals surface area contributed by atoms with Crippen molar-refractivity contribution < 1.29 is 4.79 Å². The summed E-state index contributed by atoms with van der Waals surface area (Å²) in [5.41, 5.74) is -0.153. The van der Waals surface area contributed by atoms with Gasteiger partial charge in [-0.15, -0.1) is 0 Å². The van der Waals surface area contributed by atoms with Crippen LogP contribution in [0.4, 0.5) is 0 Å². The molecule has 1 aliphatic rings. The highest BCUT2D eigenvalue weighted by molar-refractivity contribution is 7.98. The molecule has 1 heterocycles. The van der Waals surface area contributed by atoms with Gasteiger partial charge in [0.15, 0.2) is 0 Å². The Hall–Kier alpha value is -0.220. The number of carbonyl (C=O) groups excluding carboxylic acids is 1. The first-order valence-corrected chi connectivity index (χ1v) is 7.93. The third kappa shape index (κ3) is 3.38. The van der Waals surface area contributed by atoms with Gasteiger partial charge < -0.3 is 10.2 Å². The summed E-state index contributed by atoms with van der Waals surface area (Å²) in [7, 11) is 1.95. The van der Waals surface area contributed by atoms with Crippen molar-refractivity contribution in [2.24, 2.45) is 5.41 Å². The van der Waals surface area contributed by atoms with Gasteiger partial charge in [-0.05, 0) is 39.0 Å². The summed E-state index contributed by atoms with van der Waals surface area (Å²) in [6.07, 6.45) is 5.18. The first-order chi connectivity index (χ1) is 8.07. The first-order valence-electron chi connectivity index (χ1n) is 6.54. The second-order valence-electron chi connectivity index (χ2n) is 5.13. The highest BCUT2D eigenvalue weighted by Gasteiger charge is 2.40. The number of thioether (sulfide) groups is 1. The van der Waals surface area contributed by atoms with Crippen LogP contribution < -0.4 is 5.32 Å². The predicted molar refractivity (Wildman–Crippen MR) is 75.4 cm³/mol. The molecule has 1 fully saturated rings. The van der Waals surface area contributed by atoms with Gasteiger partial charge in [0.05, 0.1) is 5.41 Å².